The van der Waals surface area contributed by atoms with Crippen LogP contribution in [0.5, 0.6) is 5.75 Å². The number of benzene rings is 2. The molecule has 23 heavy (non-hydrogen) atoms. The first-order valence-electron chi connectivity index (χ1n) is 7.05. The van der Waals surface area contributed by atoms with Gasteiger partial charge in [0.2, 0.25) is 5.91 Å². The Hall–Kier alpha value is -2.89. The number of anilines is 2. The summed E-state index contributed by atoms with van der Waals surface area (Å²) in [4.78, 5) is 23.0. The Labute approximate surface area is 133 Å². The molecule has 0 spiro atoms. The van der Waals surface area contributed by atoms with Gasteiger partial charge in [-0.1, -0.05) is 12.1 Å². The molecule has 0 bridgehead atoms. The molecular weight excluding hydrogens is 299 g/mol. The van der Waals surface area contributed by atoms with Crippen molar-refractivity contribution in [2.24, 2.45) is 0 Å². The molecule has 120 valence electrons. The maximum atomic E-state index is 13.5. The SMILES string of the molecule is CC(=O)Nc1ccc(OC(C)C(=O)Nc2ccccc2F)cc1. The Bertz CT molecular complexity index is 701. The highest BCUT2D eigenvalue weighted by Crippen LogP contribution is 2.18. The summed E-state index contributed by atoms with van der Waals surface area (Å²) in [6.45, 7) is 2.98. The second-order valence-corrected chi connectivity index (χ2v) is 4.93. The maximum absolute atomic E-state index is 13.5. The van der Waals surface area contributed by atoms with E-state index in [2.05, 4.69) is 10.6 Å². The van der Waals surface area contributed by atoms with E-state index >= 15 is 0 Å². The number of rotatable bonds is 5. The molecule has 2 aromatic rings. The fourth-order valence-corrected chi connectivity index (χ4v) is 1.87. The fraction of sp³-hybridized carbons (Fsp3) is 0.176. The summed E-state index contributed by atoms with van der Waals surface area (Å²) in [5, 5.41) is 5.10. The van der Waals surface area contributed by atoms with Crippen LogP contribution >= 0.6 is 0 Å². The zero-order valence-electron chi connectivity index (χ0n) is 12.8. The summed E-state index contributed by atoms with van der Waals surface area (Å²) >= 11 is 0. The van der Waals surface area contributed by atoms with E-state index in [1.807, 2.05) is 0 Å². The molecule has 6 heteroatoms. The van der Waals surface area contributed by atoms with Gasteiger partial charge in [0, 0.05) is 12.6 Å². The Morgan fingerprint density at radius 1 is 1.04 bits per heavy atom. The van der Waals surface area contributed by atoms with Crippen molar-refractivity contribution in [3.05, 3.63) is 54.3 Å². The maximum Gasteiger partial charge on any atom is 0.265 e. The van der Waals surface area contributed by atoms with Crippen molar-refractivity contribution >= 4 is 23.2 Å². The summed E-state index contributed by atoms with van der Waals surface area (Å²) in [6.07, 6.45) is -0.804. The van der Waals surface area contributed by atoms with Crippen molar-refractivity contribution in [3.8, 4) is 5.75 Å². The molecule has 2 rings (SSSR count). The topological polar surface area (TPSA) is 67.4 Å². The van der Waals surface area contributed by atoms with Crippen molar-refractivity contribution < 1.29 is 18.7 Å². The van der Waals surface area contributed by atoms with Crippen molar-refractivity contribution in [2.75, 3.05) is 10.6 Å². The van der Waals surface area contributed by atoms with Gasteiger partial charge in [0.25, 0.3) is 5.91 Å². The summed E-state index contributed by atoms with van der Waals surface area (Å²) in [5.74, 6) is -0.666. The summed E-state index contributed by atoms with van der Waals surface area (Å²) < 4.78 is 19.0. The molecule has 2 aromatic carbocycles. The number of carbonyl (C=O) groups is 2. The largest absolute Gasteiger partial charge is 0.481 e. The van der Waals surface area contributed by atoms with E-state index in [1.165, 1.54) is 19.1 Å². The lowest BCUT2D eigenvalue weighted by molar-refractivity contribution is -0.122. The quantitative estimate of drug-likeness (QED) is 0.890. The minimum Gasteiger partial charge on any atom is -0.481 e. The first kappa shape index (κ1) is 16.5. The second kappa shape index (κ2) is 7.40. The first-order chi connectivity index (χ1) is 11.0. The number of nitrogens with one attached hydrogen (secondary N) is 2. The Morgan fingerprint density at radius 3 is 2.30 bits per heavy atom. The van der Waals surface area contributed by atoms with E-state index in [4.69, 9.17) is 4.74 Å². The van der Waals surface area contributed by atoms with Gasteiger partial charge >= 0.3 is 0 Å². The van der Waals surface area contributed by atoms with Crippen LogP contribution in [-0.4, -0.2) is 17.9 Å². The van der Waals surface area contributed by atoms with E-state index in [0.29, 0.717) is 11.4 Å². The van der Waals surface area contributed by atoms with Gasteiger partial charge in [-0.05, 0) is 43.3 Å². The molecule has 0 heterocycles. The highest BCUT2D eigenvalue weighted by atomic mass is 19.1. The smallest absolute Gasteiger partial charge is 0.265 e. The highest BCUT2D eigenvalue weighted by Gasteiger charge is 2.16. The summed E-state index contributed by atoms with van der Waals surface area (Å²) in [6, 6.07) is 12.5. The molecule has 2 amide bonds. The van der Waals surface area contributed by atoms with Crippen molar-refractivity contribution in [1.82, 2.24) is 0 Å². The third kappa shape index (κ3) is 4.81. The lowest BCUT2D eigenvalue weighted by Crippen LogP contribution is -2.30. The highest BCUT2D eigenvalue weighted by molar-refractivity contribution is 5.94. The number of carbonyl (C=O) groups excluding carboxylic acids is 2. The number of ether oxygens (including phenoxy) is 1. The van der Waals surface area contributed by atoms with E-state index in [-0.39, 0.29) is 11.6 Å². The molecule has 1 unspecified atom stereocenters. The predicted molar refractivity (Wildman–Crippen MR) is 85.9 cm³/mol. The van der Waals surface area contributed by atoms with Crippen LogP contribution in [0.4, 0.5) is 15.8 Å². The lowest BCUT2D eigenvalue weighted by Gasteiger charge is -2.15. The van der Waals surface area contributed by atoms with E-state index in [0.717, 1.165) is 0 Å². The van der Waals surface area contributed by atoms with Crippen LogP contribution in [0.25, 0.3) is 0 Å². The molecule has 0 aliphatic heterocycles. The number of para-hydroxylation sites is 1. The predicted octanol–water partition coefficient (Wildman–Crippen LogP) is 3.19. The van der Waals surface area contributed by atoms with Gasteiger partial charge < -0.3 is 15.4 Å². The average Bonchev–Trinajstić information content (AvgIpc) is 2.51. The van der Waals surface area contributed by atoms with Crippen LogP contribution < -0.4 is 15.4 Å². The molecule has 0 radical (unpaired) electrons. The third-order valence-corrected chi connectivity index (χ3v) is 2.99. The zero-order valence-corrected chi connectivity index (χ0v) is 12.8. The van der Waals surface area contributed by atoms with Crippen molar-refractivity contribution in [1.29, 1.82) is 0 Å². The molecule has 2 N–H and O–H groups in total. The zero-order chi connectivity index (χ0) is 16.8. The van der Waals surface area contributed by atoms with Crippen LogP contribution in [0.3, 0.4) is 0 Å². The summed E-state index contributed by atoms with van der Waals surface area (Å²) in [5.41, 5.74) is 0.738. The Balaban J connectivity index is 1.95. The molecular formula is C17H17FN2O3. The first-order valence-corrected chi connectivity index (χ1v) is 7.05. The number of hydrogen-bond acceptors (Lipinski definition) is 3. The number of hydrogen-bond donors (Lipinski definition) is 2. The Morgan fingerprint density at radius 2 is 1.70 bits per heavy atom. The monoisotopic (exact) mass is 316 g/mol. The summed E-state index contributed by atoms with van der Waals surface area (Å²) in [7, 11) is 0. The van der Waals surface area contributed by atoms with Crippen LogP contribution in [0.1, 0.15) is 13.8 Å². The van der Waals surface area contributed by atoms with E-state index < -0.39 is 17.8 Å². The van der Waals surface area contributed by atoms with Crippen LogP contribution in [0, 0.1) is 5.82 Å². The fourth-order valence-electron chi connectivity index (χ4n) is 1.87. The lowest BCUT2D eigenvalue weighted by atomic mass is 10.2. The number of halogens is 1. The minimum absolute atomic E-state index is 0.106. The van der Waals surface area contributed by atoms with Gasteiger partial charge in [0.15, 0.2) is 6.10 Å². The normalized spacial score (nSPS) is 11.4. The molecule has 1 atom stereocenters. The van der Waals surface area contributed by atoms with Gasteiger partial charge in [-0.3, -0.25) is 9.59 Å². The van der Waals surface area contributed by atoms with Crippen LogP contribution in [-0.2, 0) is 9.59 Å². The second-order valence-electron chi connectivity index (χ2n) is 4.93. The van der Waals surface area contributed by atoms with Gasteiger partial charge in [-0.15, -0.1) is 0 Å². The molecule has 0 aromatic heterocycles. The van der Waals surface area contributed by atoms with E-state index in [1.54, 1.807) is 43.3 Å². The standard InChI is InChI=1S/C17H17FN2O3/c1-11(17(22)20-16-6-4-3-5-15(16)18)23-14-9-7-13(8-10-14)19-12(2)21/h3-11H,1-2H3,(H,19,21)(H,20,22). The number of amides is 2. The van der Waals surface area contributed by atoms with Gasteiger partial charge in [-0.25, -0.2) is 4.39 Å². The molecule has 0 saturated carbocycles. The molecule has 0 aliphatic rings. The Kier molecular flexibility index (Phi) is 5.30. The third-order valence-electron chi connectivity index (χ3n) is 2.99. The average molecular weight is 316 g/mol. The van der Waals surface area contributed by atoms with Crippen molar-refractivity contribution in [3.63, 3.8) is 0 Å². The van der Waals surface area contributed by atoms with Gasteiger partial charge in [0.1, 0.15) is 11.6 Å². The van der Waals surface area contributed by atoms with Gasteiger partial charge in [0.05, 0.1) is 5.69 Å². The van der Waals surface area contributed by atoms with E-state index in [9.17, 15) is 14.0 Å². The molecule has 5 nitrogen and oxygen atoms in total. The van der Waals surface area contributed by atoms with Gasteiger partial charge in [-0.2, -0.15) is 0 Å². The van der Waals surface area contributed by atoms with Crippen LogP contribution in [0.2, 0.25) is 0 Å². The molecule has 0 saturated heterocycles. The molecule has 0 aliphatic carbocycles. The molecule has 0 fully saturated rings. The van der Waals surface area contributed by atoms with Crippen molar-refractivity contribution in [2.45, 2.75) is 20.0 Å². The minimum atomic E-state index is -0.804. The van der Waals surface area contributed by atoms with Crippen LogP contribution in [0.15, 0.2) is 48.5 Å².